The quantitative estimate of drug-likeness (QED) is 0.0382. The molecule has 2 aromatic rings. The van der Waals surface area contributed by atoms with Crippen LogP contribution < -0.4 is 0 Å². The van der Waals surface area contributed by atoms with E-state index in [0.29, 0.717) is 0 Å². The number of aryl methyl sites for hydroxylation is 2. The molecule has 3 heteroatoms. The smallest absolute Gasteiger partial charge is 0.211 e. The van der Waals surface area contributed by atoms with Crippen LogP contribution in [0, 0.1) is 0 Å². The van der Waals surface area contributed by atoms with Crippen LogP contribution in [0.1, 0.15) is 191 Å². The maximum absolute atomic E-state index is 12.0. The van der Waals surface area contributed by atoms with Crippen molar-refractivity contribution in [1.29, 1.82) is 0 Å². The van der Waals surface area contributed by atoms with Gasteiger partial charge in [0.15, 0.2) is 0 Å². The summed E-state index contributed by atoms with van der Waals surface area (Å²) in [7, 11) is 0. The summed E-state index contributed by atoms with van der Waals surface area (Å²) < 4.78 is 1.57. The maximum atomic E-state index is 12.0. The third-order valence-corrected chi connectivity index (χ3v) is 10.2. The number of unbranched alkanes of at least 4 members (excludes halogenated alkanes) is 15. The van der Waals surface area contributed by atoms with Crippen molar-refractivity contribution in [2.45, 2.75) is 182 Å². The third-order valence-electron chi connectivity index (χ3n) is 10.2. The van der Waals surface area contributed by atoms with Gasteiger partial charge < -0.3 is 5.53 Å². The predicted octanol–water partition coefficient (Wildman–Crippen LogP) is 15.2. The first kappa shape index (κ1) is 42.9. The fourth-order valence-corrected chi connectivity index (χ4v) is 7.22. The third kappa shape index (κ3) is 14.9. The molecule has 0 bridgehead atoms. The molecule has 0 atom stereocenters. The summed E-state index contributed by atoms with van der Waals surface area (Å²) in [5.74, 6) is 0. The molecule has 0 aliphatic carbocycles. The Hall–Kier alpha value is -2.25. The van der Waals surface area contributed by atoms with E-state index in [1.165, 1.54) is 118 Å². The Kier molecular flexibility index (Phi) is 23.3. The standard InChI is InChI=1S/C46H70N2.Ni/c1-5-9-13-14-15-16-17-18-19-20-21-22-23-24-25-26-30-40-31-27-28-34-42(40)46-44(33-12-8-4)43(32-11-7-3)45(48(46)47)41-37-35-39(36-38-41)29-10-6-2;/h23-24,27-28,31,34-38H,5-22,25-26,29-30,32-33H2,1-4H3;. The van der Waals surface area contributed by atoms with Gasteiger partial charge in [-0.05, 0) is 100.0 Å². The molecular weight excluding hydrogens is 639 g/mol. The molecule has 2 nitrogen and oxygen atoms in total. The van der Waals surface area contributed by atoms with Crippen molar-refractivity contribution in [2.75, 3.05) is 0 Å². The molecular formula is C46H70N2Ni. The molecule has 0 saturated heterocycles. The molecule has 0 N–H and O–H groups in total. The summed E-state index contributed by atoms with van der Waals surface area (Å²) in [6.45, 7) is 9.09. The van der Waals surface area contributed by atoms with Crippen LogP contribution >= 0.6 is 0 Å². The van der Waals surface area contributed by atoms with E-state index in [-0.39, 0.29) is 16.5 Å². The molecule has 0 fully saturated rings. The molecule has 2 aromatic carbocycles. The number of benzene rings is 2. The van der Waals surface area contributed by atoms with Crippen molar-refractivity contribution < 1.29 is 21.2 Å². The number of allylic oxidation sites excluding steroid dienone is 4. The summed E-state index contributed by atoms with van der Waals surface area (Å²) in [6.07, 6.45) is 34.9. The molecule has 49 heavy (non-hydrogen) atoms. The average Bonchev–Trinajstić information content (AvgIpc) is 3.38. The molecule has 1 aliphatic heterocycles. The van der Waals surface area contributed by atoms with E-state index in [1.54, 1.807) is 4.70 Å². The van der Waals surface area contributed by atoms with Gasteiger partial charge in [-0.15, -0.1) is 0 Å². The van der Waals surface area contributed by atoms with Crippen molar-refractivity contribution in [3.63, 3.8) is 0 Å². The van der Waals surface area contributed by atoms with Gasteiger partial charge in [-0.2, -0.15) is 0 Å². The SMILES string of the molecule is CCCCCCCCCCCCCC=CCCCc1ccccc1C1=C(CCCC)C(CCCC)=C(c2ccc(CCCC)cc2)[N+]1=[N-].[Ni]. The first-order valence-electron chi connectivity index (χ1n) is 20.4. The molecule has 0 unspecified atom stereocenters. The largest absolute Gasteiger partial charge is 0.493 e. The first-order valence-corrected chi connectivity index (χ1v) is 20.4. The molecule has 1 heterocycles. The second-order valence-electron chi connectivity index (χ2n) is 14.3. The summed E-state index contributed by atoms with van der Waals surface area (Å²) in [6, 6.07) is 17.9. The van der Waals surface area contributed by atoms with E-state index in [0.717, 1.165) is 81.2 Å². The molecule has 1 aliphatic rings. The van der Waals surface area contributed by atoms with Crippen LogP contribution in [-0.4, -0.2) is 4.70 Å². The Labute approximate surface area is 312 Å². The van der Waals surface area contributed by atoms with Crippen LogP contribution in [0.15, 0.2) is 71.8 Å². The van der Waals surface area contributed by atoms with Crippen LogP contribution in [0.5, 0.6) is 0 Å². The van der Waals surface area contributed by atoms with Gasteiger partial charge in [-0.25, -0.2) is 4.70 Å². The molecule has 0 radical (unpaired) electrons. The first-order chi connectivity index (χ1) is 23.7. The second kappa shape index (κ2) is 26.5. The van der Waals surface area contributed by atoms with Crippen LogP contribution in [0.4, 0.5) is 0 Å². The van der Waals surface area contributed by atoms with Crippen molar-refractivity contribution >= 4 is 11.4 Å². The van der Waals surface area contributed by atoms with Crippen LogP contribution in [-0.2, 0) is 29.3 Å². The summed E-state index contributed by atoms with van der Waals surface area (Å²) in [5.41, 5.74) is 21.9. The summed E-state index contributed by atoms with van der Waals surface area (Å²) in [5, 5.41) is 0. The van der Waals surface area contributed by atoms with E-state index < -0.39 is 0 Å². The Morgan fingerprint density at radius 3 is 1.57 bits per heavy atom. The maximum Gasteiger partial charge on any atom is 0.211 e. The van der Waals surface area contributed by atoms with Crippen molar-refractivity contribution in [2.24, 2.45) is 0 Å². The van der Waals surface area contributed by atoms with E-state index >= 15 is 0 Å². The van der Waals surface area contributed by atoms with E-state index in [2.05, 4.69) is 88.4 Å². The molecule has 0 amide bonds. The normalized spacial score (nSPS) is 13.3. The van der Waals surface area contributed by atoms with E-state index in [9.17, 15) is 5.53 Å². The Bertz CT molecular complexity index is 1280. The minimum Gasteiger partial charge on any atom is -0.493 e. The zero-order valence-corrected chi connectivity index (χ0v) is 32.9. The molecule has 274 valence electrons. The van der Waals surface area contributed by atoms with Crippen LogP contribution in [0.25, 0.3) is 16.9 Å². The monoisotopic (exact) mass is 708 g/mol. The summed E-state index contributed by atoms with van der Waals surface area (Å²) >= 11 is 0. The number of hydrogen-bond donors (Lipinski definition) is 0. The molecule has 3 rings (SSSR count). The number of nitrogens with zero attached hydrogens (tertiary/aromatic N) is 2. The minimum absolute atomic E-state index is 0. The Balaban J connectivity index is 0.00000833. The van der Waals surface area contributed by atoms with Crippen molar-refractivity contribution in [3.8, 4) is 0 Å². The van der Waals surface area contributed by atoms with E-state index in [1.807, 2.05) is 0 Å². The number of hydrogen-bond acceptors (Lipinski definition) is 0. The van der Waals surface area contributed by atoms with Gasteiger partial charge >= 0.3 is 0 Å². The topological polar surface area (TPSA) is 25.3 Å². The molecule has 0 saturated carbocycles. The van der Waals surface area contributed by atoms with Crippen molar-refractivity contribution in [1.82, 2.24) is 0 Å². The molecule has 0 aromatic heterocycles. The van der Waals surface area contributed by atoms with Gasteiger partial charge in [0.2, 0.25) is 11.4 Å². The zero-order valence-electron chi connectivity index (χ0n) is 32.0. The molecule has 0 spiro atoms. The Morgan fingerprint density at radius 1 is 0.490 bits per heavy atom. The zero-order chi connectivity index (χ0) is 34.2. The van der Waals surface area contributed by atoms with E-state index in [4.69, 9.17) is 0 Å². The minimum atomic E-state index is 0. The van der Waals surface area contributed by atoms with Gasteiger partial charge in [0.05, 0.1) is 0 Å². The van der Waals surface area contributed by atoms with Gasteiger partial charge in [0.1, 0.15) is 0 Å². The van der Waals surface area contributed by atoms with Gasteiger partial charge in [0, 0.05) is 38.8 Å². The summed E-state index contributed by atoms with van der Waals surface area (Å²) in [4.78, 5) is 0. The fraction of sp³-hybridized carbons (Fsp3) is 0.609. The van der Waals surface area contributed by atoms with Crippen LogP contribution in [0.2, 0.25) is 0 Å². The van der Waals surface area contributed by atoms with Gasteiger partial charge in [0.25, 0.3) is 0 Å². The van der Waals surface area contributed by atoms with Crippen molar-refractivity contribution in [3.05, 3.63) is 99.6 Å². The number of rotatable bonds is 27. The van der Waals surface area contributed by atoms with Crippen LogP contribution in [0.3, 0.4) is 0 Å². The fourth-order valence-electron chi connectivity index (χ4n) is 7.22. The van der Waals surface area contributed by atoms with Gasteiger partial charge in [-0.1, -0.05) is 154 Å². The average molecular weight is 710 g/mol. The Morgan fingerprint density at radius 2 is 0.980 bits per heavy atom. The predicted molar refractivity (Wildman–Crippen MR) is 211 cm³/mol. The second-order valence-corrected chi connectivity index (χ2v) is 14.3. The van der Waals surface area contributed by atoms with Gasteiger partial charge in [-0.3, -0.25) is 0 Å².